The molecule has 9 heteroatoms. The summed E-state index contributed by atoms with van der Waals surface area (Å²) in [4.78, 5) is 17.3. The van der Waals surface area contributed by atoms with E-state index in [9.17, 15) is 13.2 Å². The Morgan fingerprint density at radius 1 is 1.31 bits per heavy atom. The van der Waals surface area contributed by atoms with E-state index in [1.165, 1.54) is 13.1 Å². The van der Waals surface area contributed by atoms with E-state index in [1.54, 1.807) is 43.3 Å². The van der Waals surface area contributed by atoms with E-state index in [1.807, 2.05) is 6.08 Å². The first-order chi connectivity index (χ1) is 16.4. The quantitative estimate of drug-likeness (QED) is 0.368. The third-order valence-electron chi connectivity index (χ3n) is 7.21. The predicted octanol–water partition coefficient (Wildman–Crippen LogP) is 4.26. The Kier molecular flexibility index (Phi) is 6.45. The predicted molar refractivity (Wildman–Crippen MR) is 136 cm³/mol. The normalized spacial score (nSPS) is 32.2. The van der Waals surface area contributed by atoms with Gasteiger partial charge in [0.05, 0.1) is 0 Å². The molecule has 3 aliphatic rings. The molecule has 4 atom stereocenters. The van der Waals surface area contributed by atoms with Crippen molar-refractivity contribution in [2.45, 2.75) is 31.7 Å². The van der Waals surface area contributed by atoms with Crippen molar-refractivity contribution in [3.63, 3.8) is 0 Å². The summed E-state index contributed by atoms with van der Waals surface area (Å²) in [5.41, 5.74) is 4.72. The fourth-order valence-corrected chi connectivity index (χ4v) is 6.46. The number of guanidine groups is 1. The van der Waals surface area contributed by atoms with Crippen LogP contribution in [0.4, 0.5) is 4.39 Å². The van der Waals surface area contributed by atoms with Gasteiger partial charge in [-0.1, -0.05) is 48.2 Å². The Hall–Kier alpha value is -2.89. The van der Waals surface area contributed by atoms with Crippen LogP contribution in [0.15, 0.2) is 65.0 Å². The number of halogens is 2. The number of nitrogens with zero attached hydrogens (tertiary/aromatic N) is 2. The first-order valence-corrected chi connectivity index (χ1v) is 13.2. The lowest BCUT2D eigenvalue weighted by atomic mass is 9.69. The number of rotatable bonds is 4. The van der Waals surface area contributed by atoms with Crippen molar-refractivity contribution in [1.82, 2.24) is 4.31 Å². The van der Waals surface area contributed by atoms with Crippen molar-refractivity contribution in [1.29, 1.82) is 0 Å². The maximum absolute atomic E-state index is 15.1. The molecule has 4 unspecified atom stereocenters. The van der Waals surface area contributed by atoms with Gasteiger partial charge in [0.1, 0.15) is 17.1 Å². The standard InChI is InChI=1S/C26H27ClFN3O3S/c1-4-26(16-35(33,34)31(3)24(29)30-26)25(2)13-5-6-17(9-12-20(28)15-25)21-14-22(21)23(32)18-7-10-19(27)11-8-18/h1,5,7-13,21-22H,6,14-16H2,2-3H3,(H2,29,30). The fourth-order valence-electron chi connectivity index (χ4n) is 4.80. The number of Topliss-reactive ketones (excluding diaryl/α,β-unsaturated/α-hetero) is 1. The SMILES string of the molecule is C#CC1(C2(C)C=CCC(C3CC3C(=O)c3ccc(Cl)cc3)=CC=C(F)C2)CS(=O)(=O)N(C)C(N)=N1. The molecule has 184 valence electrons. The minimum atomic E-state index is -3.83. The zero-order valence-electron chi connectivity index (χ0n) is 19.5. The number of allylic oxidation sites excluding steroid dienone is 5. The van der Waals surface area contributed by atoms with E-state index in [-0.39, 0.29) is 30.0 Å². The van der Waals surface area contributed by atoms with Crippen LogP contribution in [0.1, 0.15) is 36.5 Å². The summed E-state index contributed by atoms with van der Waals surface area (Å²) in [7, 11) is -2.52. The van der Waals surface area contributed by atoms with Gasteiger partial charge in [-0.15, -0.1) is 6.42 Å². The lowest BCUT2D eigenvalue weighted by Gasteiger charge is -2.44. The molecule has 1 aromatic rings. The van der Waals surface area contributed by atoms with Gasteiger partial charge < -0.3 is 5.73 Å². The number of hydrogen-bond acceptors (Lipinski definition) is 5. The second-order valence-corrected chi connectivity index (χ2v) is 12.0. The van der Waals surface area contributed by atoms with E-state index >= 15 is 4.39 Å². The molecule has 0 spiro atoms. The van der Waals surface area contributed by atoms with Gasteiger partial charge in [-0.2, -0.15) is 0 Å². The first-order valence-electron chi connectivity index (χ1n) is 11.2. The highest BCUT2D eigenvalue weighted by Crippen LogP contribution is 2.49. The van der Waals surface area contributed by atoms with Gasteiger partial charge in [0.25, 0.3) is 0 Å². The van der Waals surface area contributed by atoms with Crippen molar-refractivity contribution < 1.29 is 17.6 Å². The molecule has 0 saturated heterocycles. The Morgan fingerprint density at radius 2 is 2.00 bits per heavy atom. The van der Waals surface area contributed by atoms with Crippen molar-refractivity contribution in [2.75, 3.05) is 12.8 Å². The number of ketones is 1. The molecule has 1 saturated carbocycles. The van der Waals surface area contributed by atoms with Crippen LogP contribution < -0.4 is 5.73 Å². The molecule has 1 heterocycles. The van der Waals surface area contributed by atoms with Gasteiger partial charge >= 0.3 is 0 Å². The number of terminal acetylenes is 1. The van der Waals surface area contributed by atoms with Gasteiger partial charge in [-0.25, -0.2) is 22.1 Å². The lowest BCUT2D eigenvalue weighted by Crippen LogP contribution is -2.58. The maximum Gasteiger partial charge on any atom is 0.240 e. The molecule has 1 fully saturated rings. The topological polar surface area (TPSA) is 92.8 Å². The van der Waals surface area contributed by atoms with Gasteiger partial charge in [0, 0.05) is 35.4 Å². The fraction of sp³-hybridized carbons (Fsp3) is 0.385. The van der Waals surface area contributed by atoms with E-state index in [2.05, 4.69) is 10.9 Å². The molecular weight excluding hydrogens is 489 g/mol. The average Bonchev–Trinajstić information content (AvgIpc) is 3.58. The van der Waals surface area contributed by atoms with Crippen LogP contribution in [0, 0.1) is 29.6 Å². The van der Waals surface area contributed by atoms with E-state index < -0.39 is 32.6 Å². The molecule has 0 radical (unpaired) electrons. The number of nitrogens with two attached hydrogens (primary N) is 1. The minimum absolute atomic E-state index is 0.00945. The van der Waals surface area contributed by atoms with Crippen LogP contribution in [0.2, 0.25) is 5.02 Å². The van der Waals surface area contributed by atoms with Crippen molar-refractivity contribution in [2.24, 2.45) is 28.0 Å². The van der Waals surface area contributed by atoms with Crippen LogP contribution in [0.3, 0.4) is 0 Å². The van der Waals surface area contributed by atoms with Crippen LogP contribution in [-0.4, -0.2) is 42.8 Å². The molecule has 0 amide bonds. The third-order valence-corrected chi connectivity index (χ3v) is 9.26. The van der Waals surface area contributed by atoms with Crippen LogP contribution in [0.5, 0.6) is 0 Å². The second kappa shape index (κ2) is 8.96. The molecule has 0 aromatic heterocycles. The smallest absolute Gasteiger partial charge is 0.240 e. The lowest BCUT2D eigenvalue weighted by molar-refractivity contribution is 0.0963. The number of carbonyl (C=O) groups is 1. The summed E-state index contributed by atoms with van der Waals surface area (Å²) in [5, 5.41) is 0.565. The van der Waals surface area contributed by atoms with Gasteiger partial charge in [0.15, 0.2) is 5.78 Å². The summed E-state index contributed by atoms with van der Waals surface area (Å²) in [6, 6.07) is 6.80. The molecule has 0 bridgehead atoms. The van der Waals surface area contributed by atoms with Gasteiger partial charge in [-0.05, 0) is 49.1 Å². The zero-order chi connectivity index (χ0) is 25.6. The second-order valence-electron chi connectivity index (χ2n) is 9.57. The Bertz CT molecular complexity index is 1330. The van der Waals surface area contributed by atoms with Crippen LogP contribution in [-0.2, 0) is 10.0 Å². The molecule has 2 N–H and O–H groups in total. The molecule has 1 aliphatic heterocycles. The van der Waals surface area contributed by atoms with E-state index in [0.29, 0.717) is 23.4 Å². The molecule has 1 aromatic carbocycles. The molecule has 4 rings (SSSR count). The van der Waals surface area contributed by atoms with Crippen molar-refractivity contribution >= 4 is 33.4 Å². The molecular formula is C26H27ClFN3O3S. The number of sulfonamides is 1. The zero-order valence-corrected chi connectivity index (χ0v) is 21.1. The first kappa shape index (κ1) is 25.2. The minimum Gasteiger partial charge on any atom is -0.369 e. The van der Waals surface area contributed by atoms with Crippen molar-refractivity contribution in [3.8, 4) is 12.3 Å². The Labute approximate surface area is 210 Å². The van der Waals surface area contributed by atoms with Gasteiger partial charge in [-0.3, -0.25) is 4.79 Å². The van der Waals surface area contributed by atoms with Gasteiger partial charge in [0.2, 0.25) is 16.0 Å². The largest absolute Gasteiger partial charge is 0.369 e. The van der Waals surface area contributed by atoms with Crippen LogP contribution in [0.25, 0.3) is 0 Å². The Morgan fingerprint density at radius 3 is 2.63 bits per heavy atom. The summed E-state index contributed by atoms with van der Waals surface area (Å²) < 4.78 is 41.5. The molecule has 6 nitrogen and oxygen atoms in total. The van der Waals surface area contributed by atoms with Crippen molar-refractivity contribution in [3.05, 3.63) is 70.6 Å². The van der Waals surface area contributed by atoms with Crippen LogP contribution >= 0.6 is 11.6 Å². The number of benzene rings is 1. The monoisotopic (exact) mass is 515 g/mol. The number of hydrogen-bond donors (Lipinski definition) is 1. The maximum atomic E-state index is 15.1. The summed E-state index contributed by atoms with van der Waals surface area (Å²) >= 11 is 5.92. The highest BCUT2D eigenvalue weighted by atomic mass is 35.5. The summed E-state index contributed by atoms with van der Waals surface area (Å²) in [6.45, 7) is 1.70. The average molecular weight is 516 g/mol. The number of carbonyl (C=O) groups excluding carboxylic acids is 1. The molecule has 35 heavy (non-hydrogen) atoms. The Balaban J connectivity index is 1.60. The summed E-state index contributed by atoms with van der Waals surface area (Å²) in [5.74, 6) is 1.23. The third kappa shape index (κ3) is 4.67. The highest BCUT2D eigenvalue weighted by molar-refractivity contribution is 7.89. The summed E-state index contributed by atoms with van der Waals surface area (Å²) in [6.07, 6.45) is 13.5. The highest BCUT2D eigenvalue weighted by Gasteiger charge is 2.53. The molecule has 2 aliphatic carbocycles. The number of aliphatic imine (C=N–C) groups is 1. The van der Waals surface area contributed by atoms with E-state index in [0.717, 1.165) is 9.88 Å². The van der Waals surface area contributed by atoms with E-state index in [4.69, 9.17) is 23.8 Å².